The summed E-state index contributed by atoms with van der Waals surface area (Å²) < 4.78 is 5.94. The van der Waals surface area contributed by atoms with Gasteiger partial charge in [-0.1, -0.05) is 30.3 Å². The van der Waals surface area contributed by atoms with Crippen LogP contribution in [0.15, 0.2) is 36.4 Å². The summed E-state index contributed by atoms with van der Waals surface area (Å²) in [5, 5.41) is -0.392. The van der Waals surface area contributed by atoms with E-state index in [2.05, 4.69) is 12.1 Å². The Labute approximate surface area is 122 Å². The zero-order chi connectivity index (χ0) is 13.7. The van der Waals surface area contributed by atoms with Gasteiger partial charge in [0.2, 0.25) is 0 Å². The summed E-state index contributed by atoms with van der Waals surface area (Å²) in [4.78, 5) is 12.2. The van der Waals surface area contributed by atoms with Crippen molar-refractivity contribution in [2.24, 2.45) is 0 Å². The molecule has 0 saturated carbocycles. The minimum absolute atomic E-state index is 0.0261. The summed E-state index contributed by atoms with van der Waals surface area (Å²) in [6.07, 6.45) is 1.50. The topological polar surface area (TPSA) is 26.3 Å². The third-order valence-corrected chi connectivity index (χ3v) is 4.55. The molecule has 0 spiro atoms. The summed E-state index contributed by atoms with van der Waals surface area (Å²) >= 11 is 6.07. The molecule has 3 heteroatoms. The van der Waals surface area contributed by atoms with Crippen LogP contribution in [0.5, 0.6) is 5.75 Å². The van der Waals surface area contributed by atoms with Gasteiger partial charge in [0.05, 0.1) is 5.38 Å². The van der Waals surface area contributed by atoms with Crippen LogP contribution < -0.4 is 4.74 Å². The summed E-state index contributed by atoms with van der Waals surface area (Å²) in [6, 6.07) is 12.1. The second-order valence-electron chi connectivity index (χ2n) is 5.28. The highest BCUT2D eigenvalue weighted by Crippen LogP contribution is 2.43. The van der Waals surface area contributed by atoms with Gasteiger partial charge in [-0.15, -0.1) is 11.6 Å². The van der Waals surface area contributed by atoms with Gasteiger partial charge in [0.15, 0.2) is 5.78 Å². The summed E-state index contributed by atoms with van der Waals surface area (Å²) in [7, 11) is 0. The van der Waals surface area contributed by atoms with Crippen LogP contribution in [0.4, 0.5) is 0 Å². The standard InChI is InChI=1S/C17H13ClO2/c18-15-8-7-14-12(16(15)19)5-6-13-11-4-2-1-3-10(11)9-20-17(13)14/h1-6,15H,7-9H2. The van der Waals surface area contributed by atoms with E-state index in [1.807, 2.05) is 24.3 Å². The van der Waals surface area contributed by atoms with Crippen LogP contribution in [0.1, 0.15) is 27.9 Å². The molecular weight excluding hydrogens is 272 g/mol. The van der Waals surface area contributed by atoms with Gasteiger partial charge >= 0.3 is 0 Å². The van der Waals surface area contributed by atoms with Crippen LogP contribution >= 0.6 is 11.6 Å². The second-order valence-corrected chi connectivity index (χ2v) is 5.81. The molecule has 1 aliphatic heterocycles. The van der Waals surface area contributed by atoms with E-state index in [0.717, 1.165) is 28.9 Å². The second kappa shape index (κ2) is 4.35. The van der Waals surface area contributed by atoms with Crippen LogP contribution in [0.2, 0.25) is 0 Å². The molecule has 1 heterocycles. The van der Waals surface area contributed by atoms with Crippen LogP contribution in [0.25, 0.3) is 11.1 Å². The first-order valence-electron chi connectivity index (χ1n) is 6.81. The number of benzene rings is 2. The molecule has 2 aliphatic rings. The molecule has 0 bridgehead atoms. The molecule has 1 aliphatic carbocycles. The van der Waals surface area contributed by atoms with E-state index >= 15 is 0 Å². The van der Waals surface area contributed by atoms with E-state index in [9.17, 15) is 4.79 Å². The summed E-state index contributed by atoms with van der Waals surface area (Å²) in [5.74, 6) is 0.899. The minimum Gasteiger partial charge on any atom is -0.488 e. The molecule has 20 heavy (non-hydrogen) atoms. The van der Waals surface area contributed by atoms with Crippen molar-refractivity contribution in [3.05, 3.63) is 53.1 Å². The van der Waals surface area contributed by atoms with Crippen molar-refractivity contribution in [2.45, 2.75) is 24.8 Å². The van der Waals surface area contributed by atoms with Gasteiger partial charge < -0.3 is 4.74 Å². The fourth-order valence-electron chi connectivity index (χ4n) is 3.11. The molecule has 2 nitrogen and oxygen atoms in total. The number of ketones is 1. The van der Waals surface area contributed by atoms with Crippen molar-refractivity contribution in [1.29, 1.82) is 0 Å². The van der Waals surface area contributed by atoms with E-state index in [-0.39, 0.29) is 5.78 Å². The average Bonchev–Trinajstić information content (AvgIpc) is 2.50. The number of hydrogen-bond acceptors (Lipinski definition) is 2. The molecule has 100 valence electrons. The maximum absolute atomic E-state index is 12.2. The zero-order valence-electron chi connectivity index (χ0n) is 10.9. The first-order valence-corrected chi connectivity index (χ1v) is 7.24. The van der Waals surface area contributed by atoms with Crippen molar-refractivity contribution in [2.75, 3.05) is 0 Å². The van der Waals surface area contributed by atoms with E-state index < -0.39 is 5.38 Å². The molecule has 0 radical (unpaired) electrons. The molecule has 0 saturated heterocycles. The molecule has 1 atom stereocenters. The number of halogens is 1. The normalized spacial score (nSPS) is 19.6. The highest BCUT2D eigenvalue weighted by molar-refractivity contribution is 6.34. The monoisotopic (exact) mass is 284 g/mol. The van der Waals surface area contributed by atoms with Crippen molar-refractivity contribution < 1.29 is 9.53 Å². The third-order valence-electron chi connectivity index (χ3n) is 4.14. The predicted octanol–water partition coefficient (Wildman–Crippen LogP) is 3.98. The number of carbonyl (C=O) groups excluding carboxylic acids is 1. The number of hydrogen-bond donors (Lipinski definition) is 0. The van der Waals surface area contributed by atoms with Crippen LogP contribution in [0.3, 0.4) is 0 Å². The van der Waals surface area contributed by atoms with Crippen molar-refractivity contribution >= 4 is 17.4 Å². The molecule has 0 N–H and O–H groups in total. The van der Waals surface area contributed by atoms with Crippen LogP contribution in [-0.4, -0.2) is 11.2 Å². The van der Waals surface area contributed by atoms with Gasteiger partial charge in [-0.2, -0.15) is 0 Å². The van der Waals surface area contributed by atoms with Crippen molar-refractivity contribution in [3.8, 4) is 16.9 Å². The fraction of sp³-hybridized carbons (Fsp3) is 0.235. The number of Topliss-reactive ketones (excluding diaryl/α,β-unsaturated/α-hetero) is 1. The largest absolute Gasteiger partial charge is 0.488 e. The number of alkyl halides is 1. The number of rotatable bonds is 0. The molecule has 0 fully saturated rings. The Morgan fingerprint density at radius 3 is 2.75 bits per heavy atom. The first kappa shape index (κ1) is 12.0. The highest BCUT2D eigenvalue weighted by atomic mass is 35.5. The van der Waals surface area contributed by atoms with Gasteiger partial charge in [-0.25, -0.2) is 0 Å². The number of carbonyl (C=O) groups is 1. The molecule has 1 unspecified atom stereocenters. The van der Waals surface area contributed by atoms with Gasteiger partial charge in [0, 0.05) is 16.7 Å². The lowest BCUT2D eigenvalue weighted by atomic mass is 9.85. The quantitative estimate of drug-likeness (QED) is 0.684. The SMILES string of the molecule is O=C1c2ccc3c(c2CCC1Cl)OCc1ccccc1-3. The first-order chi connectivity index (χ1) is 9.75. The molecule has 2 aromatic carbocycles. The van der Waals surface area contributed by atoms with Gasteiger partial charge in [-0.05, 0) is 30.0 Å². The van der Waals surface area contributed by atoms with E-state index in [1.54, 1.807) is 0 Å². The van der Waals surface area contributed by atoms with Crippen LogP contribution in [-0.2, 0) is 13.0 Å². The summed E-state index contributed by atoms with van der Waals surface area (Å²) in [6.45, 7) is 0.568. The Hall–Kier alpha value is -1.80. The Morgan fingerprint density at radius 2 is 1.85 bits per heavy atom. The highest BCUT2D eigenvalue weighted by Gasteiger charge is 2.30. The zero-order valence-corrected chi connectivity index (χ0v) is 11.6. The summed E-state index contributed by atoms with van der Waals surface area (Å²) in [5.41, 5.74) is 5.24. The Morgan fingerprint density at radius 1 is 1.05 bits per heavy atom. The molecule has 0 amide bonds. The van der Waals surface area contributed by atoms with Crippen LogP contribution in [0, 0.1) is 0 Å². The number of ether oxygens (including phenoxy) is 1. The molecule has 0 aromatic heterocycles. The number of fused-ring (bicyclic) bond motifs is 5. The van der Waals surface area contributed by atoms with Gasteiger partial charge in [0.1, 0.15) is 12.4 Å². The van der Waals surface area contributed by atoms with Crippen molar-refractivity contribution in [3.63, 3.8) is 0 Å². The van der Waals surface area contributed by atoms with Crippen molar-refractivity contribution in [1.82, 2.24) is 0 Å². The third kappa shape index (κ3) is 1.61. The van der Waals surface area contributed by atoms with E-state index in [4.69, 9.17) is 16.3 Å². The fourth-order valence-corrected chi connectivity index (χ4v) is 3.34. The molecule has 2 aromatic rings. The van der Waals surface area contributed by atoms with Gasteiger partial charge in [0.25, 0.3) is 0 Å². The lowest BCUT2D eigenvalue weighted by Crippen LogP contribution is -2.24. The maximum atomic E-state index is 12.2. The smallest absolute Gasteiger partial charge is 0.181 e. The lowest BCUT2D eigenvalue weighted by Gasteiger charge is -2.27. The van der Waals surface area contributed by atoms with Gasteiger partial charge in [-0.3, -0.25) is 4.79 Å². The Bertz CT molecular complexity index is 721. The lowest BCUT2D eigenvalue weighted by molar-refractivity contribution is 0.0975. The molecule has 4 rings (SSSR count). The van der Waals surface area contributed by atoms with E-state index in [0.29, 0.717) is 13.0 Å². The van der Waals surface area contributed by atoms with E-state index in [1.165, 1.54) is 11.1 Å². The minimum atomic E-state index is -0.392. The molecular formula is C17H13ClO2. The Kier molecular flexibility index (Phi) is 2.61. The predicted molar refractivity (Wildman–Crippen MR) is 78.5 cm³/mol. The average molecular weight is 285 g/mol. The Balaban J connectivity index is 1.94. The maximum Gasteiger partial charge on any atom is 0.181 e.